The zero-order valence-corrected chi connectivity index (χ0v) is 11.3. The molecule has 3 fully saturated rings. The molecule has 0 aromatic rings. The molecule has 2 aliphatic heterocycles. The highest BCUT2D eigenvalue weighted by atomic mass is 16.5. The standard InChI is InChI=1S/C15H26O/c1-12(2)6-5-9-15(4)13-7-10-14(3,16-15)11-8-13/h6,13H,5,7-11H2,1-4H3/t13?,14?,15-/m0/s1. The average molecular weight is 222 g/mol. The van der Waals surface area contributed by atoms with Crippen molar-refractivity contribution >= 4 is 0 Å². The van der Waals surface area contributed by atoms with Gasteiger partial charge in [-0.15, -0.1) is 0 Å². The molecule has 16 heavy (non-hydrogen) atoms. The summed E-state index contributed by atoms with van der Waals surface area (Å²) in [5.41, 5.74) is 1.77. The molecule has 92 valence electrons. The van der Waals surface area contributed by atoms with Gasteiger partial charge in [0.1, 0.15) is 0 Å². The Morgan fingerprint density at radius 2 is 1.88 bits per heavy atom. The predicted octanol–water partition coefficient (Wildman–Crippen LogP) is 4.47. The molecule has 2 saturated heterocycles. The summed E-state index contributed by atoms with van der Waals surface area (Å²) in [6, 6.07) is 0. The van der Waals surface area contributed by atoms with Crippen LogP contribution in [-0.4, -0.2) is 11.2 Å². The van der Waals surface area contributed by atoms with Crippen LogP contribution < -0.4 is 0 Å². The number of rotatable bonds is 3. The van der Waals surface area contributed by atoms with E-state index in [-0.39, 0.29) is 11.2 Å². The SMILES string of the molecule is CC(C)=CCC[C@]1(C)OC2(C)CCC1CC2. The summed E-state index contributed by atoms with van der Waals surface area (Å²) in [4.78, 5) is 0. The van der Waals surface area contributed by atoms with E-state index in [9.17, 15) is 0 Å². The summed E-state index contributed by atoms with van der Waals surface area (Å²) in [5, 5.41) is 0. The van der Waals surface area contributed by atoms with Crippen LogP contribution in [0.1, 0.15) is 66.2 Å². The molecular formula is C15H26O. The Balaban J connectivity index is 1.99. The minimum absolute atomic E-state index is 0.150. The molecule has 0 unspecified atom stereocenters. The summed E-state index contributed by atoms with van der Waals surface area (Å²) in [5.74, 6) is 0.805. The maximum Gasteiger partial charge on any atom is 0.0692 e. The van der Waals surface area contributed by atoms with Gasteiger partial charge in [-0.3, -0.25) is 0 Å². The molecule has 1 atom stereocenters. The Hall–Kier alpha value is -0.300. The van der Waals surface area contributed by atoms with Crippen molar-refractivity contribution in [3.8, 4) is 0 Å². The van der Waals surface area contributed by atoms with Crippen molar-refractivity contribution < 1.29 is 4.74 Å². The second kappa shape index (κ2) is 4.18. The topological polar surface area (TPSA) is 9.23 Å². The highest BCUT2D eigenvalue weighted by Crippen LogP contribution is 2.51. The Morgan fingerprint density at radius 1 is 1.25 bits per heavy atom. The van der Waals surface area contributed by atoms with Crippen molar-refractivity contribution in [3.05, 3.63) is 11.6 Å². The third kappa shape index (κ3) is 2.34. The molecule has 0 aromatic carbocycles. The van der Waals surface area contributed by atoms with E-state index >= 15 is 0 Å². The quantitative estimate of drug-likeness (QED) is 0.640. The third-order valence-electron chi connectivity index (χ3n) is 4.58. The Labute approximate surface area is 100 Å². The minimum atomic E-state index is 0.150. The molecule has 1 heteroatoms. The average Bonchev–Trinajstić information content (AvgIpc) is 2.16. The lowest BCUT2D eigenvalue weighted by Gasteiger charge is -2.55. The molecule has 0 radical (unpaired) electrons. The second-order valence-electron chi connectivity index (χ2n) is 6.46. The maximum absolute atomic E-state index is 6.41. The van der Waals surface area contributed by atoms with Crippen molar-refractivity contribution in [1.29, 1.82) is 0 Å². The maximum atomic E-state index is 6.41. The molecular weight excluding hydrogens is 196 g/mol. The van der Waals surface area contributed by atoms with Crippen LogP contribution in [0.2, 0.25) is 0 Å². The zero-order chi connectivity index (χ0) is 11.8. The van der Waals surface area contributed by atoms with Crippen molar-refractivity contribution in [3.63, 3.8) is 0 Å². The van der Waals surface area contributed by atoms with Crippen LogP contribution in [0.15, 0.2) is 11.6 Å². The van der Waals surface area contributed by atoms with Crippen LogP contribution in [0.5, 0.6) is 0 Å². The van der Waals surface area contributed by atoms with E-state index in [1.54, 1.807) is 0 Å². The van der Waals surface area contributed by atoms with Crippen LogP contribution in [0, 0.1) is 5.92 Å². The largest absolute Gasteiger partial charge is 0.369 e. The fourth-order valence-electron chi connectivity index (χ4n) is 3.49. The first-order valence-electron chi connectivity index (χ1n) is 6.77. The summed E-state index contributed by atoms with van der Waals surface area (Å²) >= 11 is 0. The predicted molar refractivity (Wildman–Crippen MR) is 68.5 cm³/mol. The van der Waals surface area contributed by atoms with Gasteiger partial charge in [0.15, 0.2) is 0 Å². The smallest absolute Gasteiger partial charge is 0.0692 e. The monoisotopic (exact) mass is 222 g/mol. The van der Waals surface area contributed by atoms with Gasteiger partial charge in [-0.05, 0) is 72.1 Å². The second-order valence-corrected chi connectivity index (χ2v) is 6.46. The number of hydrogen-bond acceptors (Lipinski definition) is 1. The lowest BCUT2D eigenvalue weighted by atomic mass is 9.67. The van der Waals surface area contributed by atoms with Crippen molar-refractivity contribution in [2.45, 2.75) is 77.4 Å². The molecule has 2 heterocycles. The van der Waals surface area contributed by atoms with Gasteiger partial charge < -0.3 is 4.74 Å². The molecule has 3 rings (SSSR count). The summed E-state index contributed by atoms with van der Waals surface area (Å²) < 4.78 is 6.41. The van der Waals surface area contributed by atoms with Gasteiger partial charge >= 0.3 is 0 Å². The molecule has 1 saturated carbocycles. The third-order valence-corrected chi connectivity index (χ3v) is 4.58. The number of hydrogen-bond donors (Lipinski definition) is 0. The van der Waals surface area contributed by atoms with Crippen LogP contribution in [-0.2, 0) is 4.74 Å². The molecule has 3 aliphatic rings. The zero-order valence-electron chi connectivity index (χ0n) is 11.3. The highest BCUT2D eigenvalue weighted by Gasteiger charge is 2.50. The fourth-order valence-corrected chi connectivity index (χ4v) is 3.49. The summed E-state index contributed by atoms with van der Waals surface area (Å²) in [6.45, 7) is 9.00. The lowest BCUT2D eigenvalue weighted by Crippen LogP contribution is -2.55. The Kier molecular flexibility index (Phi) is 3.18. The molecule has 0 amide bonds. The molecule has 0 spiro atoms. The summed E-state index contributed by atoms with van der Waals surface area (Å²) in [7, 11) is 0. The van der Waals surface area contributed by atoms with Crippen LogP contribution in [0.4, 0.5) is 0 Å². The summed E-state index contributed by atoms with van der Waals surface area (Å²) in [6.07, 6.45) is 10.0. The first kappa shape index (κ1) is 12.2. The van der Waals surface area contributed by atoms with E-state index < -0.39 is 0 Å². The van der Waals surface area contributed by atoms with Gasteiger partial charge in [0.25, 0.3) is 0 Å². The van der Waals surface area contributed by atoms with E-state index in [0.717, 1.165) is 5.92 Å². The molecule has 0 aromatic heterocycles. The van der Waals surface area contributed by atoms with Gasteiger partial charge in [0.05, 0.1) is 11.2 Å². The van der Waals surface area contributed by atoms with E-state index in [2.05, 4.69) is 33.8 Å². The number of ether oxygens (including phenoxy) is 1. The van der Waals surface area contributed by atoms with Crippen molar-refractivity contribution in [2.75, 3.05) is 0 Å². The Morgan fingerprint density at radius 3 is 2.38 bits per heavy atom. The van der Waals surface area contributed by atoms with E-state index in [1.807, 2.05) is 0 Å². The van der Waals surface area contributed by atoms with Crippen LogP contribution in [0.25, 0.3) is 0 Å². The van der Waals surface area contributed by atoms with Gasteiger partial charge in [0.2, 0.25) is 0 Å². The molecule has 1 nitrogen and oxygen atoms in total. The number of fused-ring (bicyclic) bond motifs is 3. The first-order valence-corrected chi connectivity index (χ1v) is 6.77. The van der Waals surface area contributed by atoms with E-state index in [1.165, 1.54) is 44.1 Å². The van der Waals surface area contributed by atoms with E-state index in [4.69, 9.17) is 4.74 Å². The van der Waals surface area contributed by atoms with Gasteiger partial charge in [-0.2, -0.15) is 0 Å². The molecule has 1 aliphatic carbocycles. The lowest BCUT2D eigenvalue weighted by molar-refractivity contribution is -0.240. The first-order chi connectivity index (χ1) is 7.44. The molecule has 0 N–H and O–H groups in total. The number of allylic oxidation sites excluding steroid dienone is 2. The van der Waals surface area contributed by atoms with E-state index in [0.29, 0.717) is 0 Å². The Bertz CT molecular complexity index is 280. The van der Waals surface area contributed by atoms with Crippen LogP contribution >= 0.6 is 0 Å². The van der Waals surface area contributed by atoms with Gasteiger partial charge in [0, 0.05) is 0 Å². The van der Waals surface area contributed by atoms with Crippen molar-refractivity contribution in [1.82, 2.24) is 0 Å². The van der Waals surface area contributed by atoms with Crippen molar-refractivity contribution in [2.24, 2.45) is 5.92 Å². The van der Waals surface area contributed by atoms with Crippen LogP contribution in [0.3, 0.4) is 0 Å². The van der Waals surface area contributed by atoms with Gasteiger partial charge in [-0.1, -0.05) is 11.6 Å². The minimum Gasteiger partial charge on any atom is -0.369 e. The molecule has 2 bridgehead atoms. The normalized spacial score (nSPS) is 42.1. The van der Waals surface area contributed by atoms with Gasteiger partial charge in [-0.25, -0.2) is 0 Å². The fraction of sp³-hybridized carbons (Fsp3) is 0.867. The highest BCUT2D eigenvalue weighted by molar-refractivity contribution is 5.02.